The van der Waals surface area contributed by atoms with Gasteiger partial charge in [-0.3, -0.25) is 0 Å². The van der Waals surface area contributed by atoms with E-state index in [1.165, 1.54) is 19.2 Å². The molecule has 4 nitrogen and oxygen atoms in total. The third-order valence-corrected chi connectivity index (χ3v) is 3.24. The van der Waals surface area contributed by atoms with Gasteiger partial charge in [0.05, 0.1) is 12.1 Å². The molecule has 0 atom stereocenters. The zero-order valence-corrected chi connectivity index (χ0v) is 12.3. The maximum atomic E-state index is 13.3. The third kappa shape index (κ3) is 3.29. The quantitative estimate of drug-likeness (QED) is 0.804. The van der Waals surface area contributed by atoms with Crippen LogP contribution >= 0.6 is 23.2 Å². The number of nitrogens with zero attached hydrogens (tertiary/aromatic N) is 2. The maximum Gasteiger partial charge on any atom is 0.320 e. The third-order valence-electron chi connectivity index (χ3n) is 2.56. The highest BCUT2D eigenvalue weighted by Gasteiger charge is 2.11. The van der Waals surface area contributed by atoms with Crippen LogP contribution in [0.2, 0.25) is 10.2 Å². The summed E-state index contributed by atoms with van der Waals surface area (Å²) in [6.07, 6.45) is 0. The highest BCUT2D eigenvalue weighted by molar-refractivity contribution is 6.30. The summed E-state index contributed by atoms with van der Waals surface area (Å²) in [6, 6.07) is 4.55. The lowest BCUT2D eigenvalue weighted by molar-refractivity contribution is 0.281. The lowest BCUT2D eigenvalue weighted by Gasteiger charge is -2.10. The van der Waals surface area contributed by atoms with Gasteiger partial charge < -0.3 is 9.47 Å². The maximum absolute atomic E-state index is 13.3. The Morgan fingerprint density at radius 1 is 1.25 bits per heavy atom. The van der Waals surface area contributed by atoms with Crippen molar-refractivity contribution in [3.63, 3.8) is 0 Å². The van der Waals surface area contributed by atoms with Gasteiger partial charge in [-0.05, 0) is 24.6 Å². The molecule has 0 aliphatic carbocycles. The summed E-state index contributed by atoms with van der Waals surface area (Å²) in [5.41, 5.74) is 1.21. The molecule has 1 aromatic heterocycles. The molecule has 0 amide bonds. The summed E-state index contributed by atoms with van der Waals surface area (Å²) in [7, 11) is 1.43. The van der Waals surface area contributed by atoms with Gasteiger partial charge in [-0.1, -0.05) is 29.3 Å². The summed E-state index contributed by atoms with van der Waals surface area (Å²) >= 11 is 11.5. The average molecular weight is 317 g/mol. The van der Waals surface area contributed by atoms with E-state index in [-0.39, 0.29) is 28.7 Å². The van der Waals surface area contributed by atoms with E-state index in [2.05, 4.69) is 9.97 Å². The van der Waals surface area contributed by atoms with Crippen LogP contribution in [0.3, 0.4) is 0 Å². The van der Waals surface area contributed by atoms with E-state index in [0.29, 0.717) is 11.1 Å². The molecule has 0 saturated carbocycles. The Balaban J connectivity index is 2.18. The highest BCUT2D eigenvalue weighted by atomic mass is 35.5. The van der Waals surface area contributed by atoms with Gasteiger partial charge in [0, 0.05) is 5.56 Å². The van der Waals surface area contributed by atoms with Crippen molar-refractivity contribution in [2.24, 2.45) is 0 Å². The fourth-order valence-electron chi connectivity index (χ4n) is 1.46. The second-order valence-corrected chi connectivity index (χ2v) is 4.73. The number of halogens is 3. The molecule has 0 unspecified atom stereocenters. The van der Waals surface area contributed by atoms with Crippen LogP contribution in [0.1, 0.15) is 11.1 Å². The first kappa shape index (κ1) is 14.8. The van der Waals surface area contributed by atoms with Crippen LogP contribution in [0.5, 0.6) is 11.9 Å². The normalized spacial score (nSPS) is 10.4. The van der Waals surface area contributed by atoms with E-state index in [1.54, 1.807) is 13.0 Å². The molecule has 0 saturated heterocycles. The van der Waals surface area contributed by atoms with Crippen molar-refractivity contribution in [3.05, 3.63) is 45.3 Å². The minimum Gasteiger partial charge on any atom is -0.472 e. The van der Waals surface area contributed by atoms with Gasteiger partial charge in [-0.2, -0.15) is 9.97 Å². The number of hydrogen-bond donors (Lipinski definition) is 0. The average Bonchev–Trinajstić information content (AvgIpc) is 2.44. The molecule has 2 aromatic rings. The number of rotatable bonds is 4. The van der Waals surface area contributed by atoms with Gasteiger partial charge >= 0.3 is 6.01 Å². The van der Waals surface area contributed by atoms with E-state index in [4.69, 9.17) is 32.7 Å². The first-order chi connectivity index (χ1) is 9.51. The fraction of sp³-hybridized carbons (Fsp3) is 0.231. The molecule has 0 aliphatic rings. The molecular weight excluding hydrogens is 306 g/mol. The molecule has 2 rings (SSSR count). The molecule has 0 bridgehead atoms. The van der Waals surface area contributed by atoms with E-state index in [0.717, 1.165) is 0 Å². The van der Waals surface area contributed by atoms with Crippen molar-refractivity contribution in [2.75, 3.05) is 7.11 Å². The summed E-state index contributed by atoms with van der Waals surface area (Å²) in [5.74, 6) is -0.208. The largest absolute Gasteiger partial charge is 0.472 e. The predicted octanol–water partition coefficient (Wildman–Crippen LogP) is 3.82. The molecule has 0 spiro atoms. The van der Waals surface area contributed by atoms with Crippen LogP contribution in [-0.4, -0.2) is 17.1 Å². The van der Waals surface area contributed by atoms with Crippen LogP contribution in [-0.2, 0) is 6.61 Å². The minimum absolute atomic E-state index is 0.0664. The number of methoxy groups -OCH3 is 1. The molecule has 0 radical (unpaired) electrons. The lowest BCUT2D eigenvalue weighted by atomic mass is 10.2. The number of aromatic nitrogens is 2. The monoisotopic (exact) mass is 316 g/mol. The molecular formula is C13H11Cl2FN2O2. The molecule has 1 aromatic carbocycles. The Morgan fingerprint density at radius 3 is 2.65 bits per heavy atom. The van der Waals surface area contributed by atoms with Crippen molar-refractivity contribution >= 4 is 23.2 Å². The standard InChI is InChI=1S/C13H11Cl2FN2O2/c1-7-11(15)17-13(19-2)18-12(7)20-6-8-3-4-9(14)10(16)5-8/h3-5H,6H2,1-2H3. The molecule has 0 aliphatic heterocycles. The molecule has 7 heteroatoms. The lowest BCUT2D eigenvalue weighted by Crippen LogP contribution is -2.03. The van der Waals surface area contributed by atoms with E-state index in [1.807, 2.05) is 0 Å². The Bertz CT molecular complexity index is 638. The van der Waals surface area contributed by atoms with Crippen LogP contribution in [0.4, 0.5) is 4.39 Å². The number of ether oxygens (including phenoxy) is 2. The topological polar surface area (TPSA) is 44.2 Å². The smallest absolute Gasteiger partial charge is 0.320 e. The summed E-state index contributed by atoms with van der Waals surface area (Å²) < 4.78 is 23.7. The molecule has 0 N–H and O–H groups in total. The minimum atomic E-state index is -0.497. The second-order valence-electron chi connectivity index (χ2n) is 3.97. The van der Waals surface area contributed by atoms with Gasteiger partial charge in [0.1, 0.15) is 17.6 Å². The second kappa shape index (κ2) is 6.24. The van der Waals surface area contributed by atoms with Gasteiger partial charge in [-0.15, -0.1) is 0 Å². The van der Waals surface area contributed by atoms with Crippen LogP contribution in [0, 0.1) is 12.7 Å². The van der Waals surface area contributed by atoms with Gasteiger partial charge in [0.2, 0.25) is 5.88 Å². The zero-order chi connectivity index (χ0) is 14.7. The predicted molar refractivity (Wildman–Crippen MR) is 74.1 cm³/mol. The zero-order valence-electron chi connectivity index (χ0n) is 10.8. The van der Waals surface area contributed by atoms with Crippen molar-refractivity contribution in [1.29, 1.82) is 0 Å². The Labute approximate surface area is 125 Å². The van der Waals surface area contributed by atoms with Crippen molar-refractivity contribution in [2.45, 2.75) is 13.5 Å². The van der Waals surface area contributed by atoms with E-state index >= 15 is 0 Å². The van der Waals surface area contributed by atoms with Crippen LogP contribution in [0.15, 0.2) is 18.2 Å². The number of benzene rings is 1. The molecule has 0 fully saturated rings. The molecule has 1 heterocycles. The van der Waals surface area contributed by atoms with Gasteiger partial charge in [0.15, 0.2) is 0 Å². The van der Waals surface area contributed by atoms with Crippen LogP contribution in [0.25, 0.3) is 0 Å². The summed E-state index contributed by atoms with van der Waals surface area (Å²) in [5, 5.41) is 0.311. The Morgan fingerprint density at radius 2 is 2.00 bits per heavy atom. The number of hydrogen-bond acceptors (Lipinski definition) is 4. The SMILES string of the molecule is COc1nc(Cl)c(C)c(OCc2ccc(Cl)c(F)c2)n1. The molecule has 20 heavy (non-hydrogen) atoms. The first-order valence-electron chi connectivity index (χ1n) is 5.66. The van der Waals surface area contributed by atoms with Crippen LogP contribution < -0.4 is 9.47 Å². The van der Waals surface area contributed by atoms with Crippen molar-refractivity contribution < 1.29 is 13.9 Å². The Kier molecular flexibility index (Phi) is 4.62. The van der Waals surface area contributed by atoms with Crippen molar-refractivity contribution in [1.82, 2.24) is 9.97 Å². The summed E-state index contributed by atoms with van der Waals surface area (Å²) in [4.78, 5) is 7.95. The van der Waals surface area contributed by atoms with Gasteiger partial charge in [-0.25, -0.2) is 4.39 Å². The highest BCUT2D eigenvalue weighted by Crippen LogP contribution is 2.25. The van der Waals surface area contributed by atoms with E-state index in [9.17, 15) is 4.39 Å². The summed E-state index contributed by atoms with van der Waals surface area (Å²) in [6.45, 7) is 1.85. The van der Waals surface area contributed by atoms with E-state index < -0.39 is 5.82 Å². The van der Waals surface area contributed by atoms with Crippen molar-refractivity contribution in [3.8, 4) is 11.9 Å². The Hall–Kier alpha value is -1.59. The molecule has 106 valence electrons. The fourth-order valence-corrected chi connectivity index (χ4v) is 1.74. The first-order valence-corrected chi connectivity index (χ1v) is 6.41. The van der Waals surface area contributed by atoms with Gasteiger partial charge in [0.25, 0.3) is 0 Å².